The average Bonchev–Trinajstić information content (AvgIpc) is 3.52. The maximum Gasteiger partial charge on any atom is 0.220 e. The van der Waals surface area contributed by atoms with E-state index in [1.54, 1.807) is 16.4 Å². The van der Waals surface area contributed by atoms with Gasteiger partial charge < -0.3 is 25.2 Å². The zero-order valence-electron chi connectivity index (χ0n) is 27.7. The predicted octanol–water partition coefficient (Wildman–Crippen LogP) is 5.27. The zero-order valence-corrected chi connectivity index (χ0v) is 28.5. The van der Waals surface area contributed by atoms with Crippen molar-refractivity contribution in [1.29, 1.82) is 0 Å². The Kier molecular flexibility index (Phi) is 12.7. The number of hydrogen-bond acceptors (Lipinski definition) is 9. The summed E-state index contributed by atoms with van der Waals surface area (Å²) in [7, 11) is 1.82. The topological polar surface area (TPSA) is 140 Å². The van der Waals surface area contributed by atoms with Crippen LogP contribution in [0.5, 0.6) is 0 Å². The van der Waals surface area contributed by atoms with E-state index in [1.807, 2.05) is 55.6 Å². The molecule has 0 aliphatic carbocycles. The van der Waals surface area contributed by atoms with E-state index in [0.29, 0.717) is 25.3 Å². The molecular weight excluding hydrogens is 629 g/mol. The lowest BCUT2D eigenvalue weighted by atomic mass is 9.91. The molecule has 0 radical (unpaired) electrons. The molecule has 2 amide bonds. The maximum atomic E-state index is 12.4. The van der Waals surface area contributed by atoms with E-state index in [2.05, 4.69) is 57.3 Å². The number of aromatic nitrogens is 4. The molecule has 3 aromatic carbocycles. The quantitative estimate of drug-likeness (QED) is 0.114. The van der Waals surface area contributed by atoms with Gasteiger partial charge in [0.05, 0.1) is 18.8 Å². The Balaban J connectivity index is 1.22. The van der Waals surface area contributed by atoms with Crippen LogP contribution in [-0.4, -0.2) is 55.5 Å². The standard InChI is InChI=1S/C36H44N6O5S/c1-24-32(23-48-36-39-40-41-42(36)3)46-35(47-34(24)29-13-11-26(22-43)12-14-29)30-17-15-28(16-18-30)31-9-7-8-27(20-31)21-38-33(45)10-5-4-6-19-37-25(2)44/h7-9,11-18,20,24,32,34-35,43H,4-6,10,19,21-23H2,1-3H3,(H,37,44)(H,38,45)/t24-,32+,34+,35+/m1/s1. The number of thioether (sulfide) groups is 1. The van der Waals surface area contributed by atoms with Crippen molar-refractivity contribution >= 4 is 23.6 Å². The van der Waals surface area contributed by atoms with E-state index in [9.17, 15) is 14.7 Å². The lowest BCUT2D eigenvalue weighted by molar-refractivity contribution is -0.268. The predicted molar refractivity (Wildman–Crippen MR) is 183 cm³/mol. The highest BCUT2D eigenvalue weighted by Gasteiger charge is 2.38. The van der Waals surface area contributed by atoms with Gasteiger partial charge in [-0.15, -0.1) is 5.10 Å². The van der Waals surface area contributed by atoms with Crippen LogP contribution in [0.2, 0.25) is 0 Å². The molecule has 1 aliphatic rings. The van der Waals surface area contributed by atoms with Gasteiger partial charge >= 0.3 is 0 Å². The van der Waals surface area contributed by atoms with Crippen molar-refractivity contribution in [1.82, 2.24) is 30.8 Å². The average molecular weight is 673 g/mol. The molecule has 2 heterocycles. The Morgan fingerprint density at radius 2 is 1.69 bits per heavy atom. The first-order chi connectivity index (χ1) is 23.3. The van der Waals surface area contributed by atoms with Gasteiger partial charge in [-0.1, -0.05) is 91.8 Å². The van der Waals surface area contributed by atoms with Crippen molar-refractivity contribution in [2.24, 2.45) is 13.0 Å². The Morgan fingerprint density at radius 1 is 0.917 bits per heavy atom. The van der Waals surface area contributed by atoms with Gasteiger partial charge in [0.25, 0.3) is 0 Å². The van der Waals surface area contributed by atoms with Crippen molar-refractivity contribution in [2.45, 2.75) is 76.3 Å². The fourth-order valence-electron chi connectivity index (χ4n) is 5.64. The molecule has 0 bridgehead atoms. The second kappa shape index (κ2) is 17.3. The molecule has 48 heavy (non-hydrogen) atoms. The van der Waals surface area contributed by atoms with Crippen molar-refractivity contribution < 1.29 is 24.2 Å². The summed E-state index contributed by atoms with van der Waals surface area (Å²) in [6.45, 7) is 4.74. The smallest absolute Gasteiger partial charge is 0.220 e. The van der Waals surface area contributed by atoms with Crippen molar-refractivity contribution in [3.8, 4) is 11.1 Å². The van der Waals surface area contributed by atoms with Crippen LogP contribution in [-0.2, 0) is 39.3 Å². The van der Waals surface area contributed by atoms with Crippen LogP contribution < -0.4 is 10.6 Å². The number of tetrazole rings is 1. The van der Waals surface area contributed by atoms with Gasteiger partial charge in [0, 0.05) is 50.7 Å². The highest BCUT2D eigenvalue weighted by atomic mass is 32.2. The number of carbonyl (C=O) groups excluding carboxylic acids is 2. The van der Waals surface area contributed by atoms with Gasteiger partial charge in [0.2, 0.25) is 17.0 Å². The van der Waals surface area contributed by atoms with E-state index >= 15 is 0 Å². The molecule has 1 aromatic heterocycles. The van der Waals surface area contributed by atoms with Crippen molar-refractivity contribution in [2.75, 3.05) is 12.3 Å². The number of nitrogens with one attached hydrogen (secondary N) is 2. The minimum Gasteiger partial charge on any atom is -0.392 e. The first-order valence-corrected chi connectivity index (χ1v) is 17.4. The summed E-state index contributed by atoms with van der Waals surface area (Å²) in [5, 5.41) is 27.9. The molecule has 0 spiro atoms. The Hall–Kier alpha value is -4.10. The number of unbranched alkanes of at least 4 members (excludes halogenated alkanes) is 2. The number of benzene rings is 3. The van der Waals surface area contributed by atoms with Crippen molar-refractivity contribution in [3.05, 3.63) is 95.1 Å². The van der Waals surface area contributed by atoms with Gasteiger partial charge in [-0.25, -0.2) is 4.68 Å². The van der Waals surface area contributed by atoms with Crippen LogP contribution in [0.4, 0.5) is 0 Å². The zero-order chi connectivity index (χ0) is 33.9. The van der Waals surface area contributed by atoms with Crippen LogP contribution in [0.3, 0.4) is 0 Å². The second-order valence-electron chi connectivity index (χ2n) is 12.1. The molecule has 4 aromatic rings. The molecular formula is C36H44N6O5S. The van der Waals surface area contributed by atoms with Crippen LogP contribution in [0.15, 0.2) is 78.0 Å². The van der Waals surface area contributed by atoms with Gasteiger partial charge in [0.1, 0.15) is 0 Å². The molecule has 11 nitrogen and oxygen atoms in total. The third-order valence-electron chi connectivity index (χ3n) is 8.47. The summed E-state index contributed by atoms with van der Waals surface area (Å²) >= 11 is 1.55. The lowest BCUT2D eigenvalue weighted by Gasteiger charge is -2.41. The number of amides is 2. The number of hydrogen-bond donors (Lipinski definition) is 3. The Labute approximate surface area is 285 Å². The summed E-state index contributed by atoms with van der Waals surface area (Å²) in [4.78, 5) is 23.3. The van der Waals surface area contributed by atoms with Gasteiger partial charge in [-0.3, -0.25) is 9.59 Å². The SMILES string of the molecule is CC(=O)NCCCCCC(=O)NCc1cccc(-c2ccc([C@H]3O[C@@H](CSc4nnnn4C)[C@@H](C)[C@@H](c4ccc(CO)cc4)O3)cc2)c1. The minimum absolute atomic E-state index is 0.00891. The van der Waals surface area contributed by atoms with E-state index in [4.69, 9.17) is 9.47 Å². The molecule has 5 rings (SSSR count). The highest BCUT2D eigenvalue weighted by Crippen LogP contribution is 2.43. The number of rotatable bonds is 15. The molecule has 1 saturated heterocycles. The number of aliphatic hydroxyl groups is 1. The van der Waals surface area contributed by atoms with Gasteiger partial charge in [0.15, 0.2) is 6.29 Å². The molecule has 254 valence electrons. The summed E-state index contributed by atoms with van der Waals surface area (Å²) in [6.07, 6.45) is 2.10. The Morgan fingerprint density at radius 3 is 2.40 bits per heavy atom. The number of carbonyl (C=O) groups is 2. The summed E-state index contributed by atoms with van der Waals surface area (Å²) in [5.74, 6) is 0.702. The number of nitrogens with zero attached hydrogens (tertiary/aromatic N) is 4. The minimum atomic E-state index is -0.576. The lowest BCUT2D eigenvalue weighted by Crippen LogP contribution is -2.38. The van der Waals surface area contributed by atoms with Crippen LogP contribution in [0.1, 0.15) is 74.2 Å². The van der Waals surface area contributed by atoms with E-state index < -0.39 is 6.29 Å². The van der Waals surface area contributed by atoms with Crippen LogP contribution >= 0.6 is 11.8 Å². The third-order valence-corrected chi connectivity index (χ3v) is 9.57. The third kappa shape index (κ3) is 9.72. The number of aryl methyl sites for hydroxylation is 1. The maximum absolute atomic E-state index is 12.4. The summed E-state index contributed by atoms with van der Waals surface area (Å²) in [5.41, 5.74) is 5.93. The number of aliphatic hydroxyl groups excluding tert-OH is 1. The molecule has 0 unspecified atom stereocenters. The molecule has 1 fully saturated rings. The Bertz CT molecular complexity index is 1630. The normalized spacial score (nSPS) is 19.2. The fraction of sp³-hybridized carbons (Fsp3) is 0.417. The molecule has 1 aliphatic heterocycles. The largest absolute Gasteiger partial charge is 0.392 e. The summed E-state index contributed by atoms with van der Waals surface area (Å²) < 4.78 is 14.8. The first kappa shape index (κ1) is 35.2. The van der Waals surface area contributed by atoms with Gasteiger partial charge in [-0.2, -0.15) is 0 Å². The van der Waals surface area contributed by atoms with E-state index in [0.717, 1.165) is 57.8 Å². The molecule has 4 atom stereocenters. The van der Waals surface area contributed by atoms with E-state index in [-0.39, 0.29) is 36.5 Å². The van der Waals surface area contributed by atoms with E-state index in [1.165, 1.54) is 6.92 Å². The second-order valence-corrected chi connectivity index (χ2v) is 13.1. The van der Waals surface area contributed by atoms with Crippen molar-refractivity contribution in [3.63, 3.8) is 0 Å². The number of ether oxygens (including phenoxy) is 2. The van der Waals surface area contributed by atoms with Gasteiger partial charge in [-0.05, 0) is 57.2 Å². The van der Waals surface area contributed by atoms with Crippen LogP contribution in [0.25, 0.3) is 11.1 Å². The highest BCUT2D eigenvalue weighted by molar-refractivity contribution is 7.99. The first-order valence-electron chi connectivity index (χ1n) is 16.4. The molecule has 12 heteroatoms. The monoisotopic (exact) mass is 672 g/mol. The fourth-order valence-corrected chi connectivity index (χ4v) is 6.66. The van der Waals surface area contributed by atoms with Crippen LogP contribution in [0, 0.1) is 5.92 Å². The molecule has 0 saturated carbocycles. The summed E-state index contributed by atoms with van der Waals surface area (Å²) in [6, 6.07) is 24.3. The molecule has 3 N–H and O–H groups in total.